The third kappa shape index (κ3) is 6.86. The Kier molecular flexibility index (Phi) is 7.75. The monoisotopic (exact) mass is 263 g/mol. The van der Waals surface area contributed by atoms with E-state index in [1.54, 1.807) is 0 Å². The average molecular weight is 264 g/mol. The number of nitrogens with one attached hydrogen (secondary N) is 2. The van der Waals surface area contributed by atoms with Crippen molar-refractivity contribution in [1.82, 2.24) is 15.5 Å². The molecule has 0 aromatic carbocycles. The Balaban J connectivity index is 0.00000256. The molecule has 0 aliphatic carbocycles. The molecule has 1 amide bonds. The van der Waals surface area contributed by atoms with Crippen molar-refractivity contribution in [3.05, 3.63) is 0 Å². The van der Waals surface area contributed by atoms with E-state index in [0.29, 0.717) is 6.54 Å². The lowest BCUT2D eigenvalue weighted by Crippen LogP contribution is -2.47. The van der Waals surface area contributed by atoms with Gasteiger partial charge in [0, 0.05) is 18.6 Å². The molecule has 2 N–H and O–H groups in total. The molecule has 1 aliphatic rings. The van der Waals surface area contributed by atoms with Gasteiger partial charge in [-0.2, -0.15) is 0 Å². The van der Waals surface area contributed by atoms with Gasteiger partial charge in [-0.3, -0.25) is 9.69 Å². The van der Waals surface area contributed by atoms with Crippen LogP contribution in [0.1, 0.15) is 33.6 Å². The van der Waals surface area contributed by atoms with E-state index in [9.17, 15) is 4.79 Å². The second-order valence-electron chi connectivity index (χ2n) is 5.17. The van der Waals surface area contributed by atoms with Gasteiger partial charge in [-0.05, 0) is 39.8 Å². The van der Waals surface area contributed by atoms with Crippen LogP contribution in [-0.2, 0) is 4.79 Å². The minimum absolute atomic E-state index is 0. The zero-order valence-corrected chi connectivity index (χ0v) is 12.0. The minimum atomic E-state index is -0.0822. The van der Waals surface area contributed by atoms with Gasteiger partial charge in [0.1, 0.15) is 0 Å². The summed E-state index contributed by atoms with van der Waals surface area (Å²) in [4.78, 5) is 14.0. The predicted octanol–water partition coefficient (Wildman–Crippen LogP) is 1.01. The maximum atomic E-state index is 11.8. The highest BCUT2D eigenvalue weighted by Gasteiger charge is 2.19. The second-order valence-corrected chi connectivity index (χ2v) is 5.17. The lowest BCUT2D eigenvalue weighted by Gasteiger charge is -2.27. The Morgan fingerprint density at radius 3 is 2.71 bits per heavy atom. The number of hydrogen-bond acceptors (Lipinski definition) is 3. The van der Waals surface area contributed by atoms with E-state index in [4.69, 9.17) is 0 Å². The normalized spacial score (nSPS) is 18.1. The van der Waals surface area contributed by atoms with Crippen LogP contribution in [0.5, 0.6) is 0 Å². The summed E-state index contributed by atoms with van der Waals surface area (Å²) in [7, 11) is 0. The highest BCUT2D eigenvalue weighted by molar-refractivity contribution is 5.85. The summed E-state index contributed by atoms with van der Waals surface area (Å²) in [5, 5.41) is 6.41. The largest absolute Gasteiger partial charge is 0.350 e. The molecule has 1 saturated heterocycles. The van der Waals surface area contributed by atoms with Crippen LogP contribution in [0.3, 0.4) is 0 Å². The van der Waals surface area contributed by atoms with Crippen LogP contribution in [0.4, 0.5) is 0 Å². The maximum Gasteiger partial charge on any atom is 0.234 e. The standard InChI is InChI=1S/C12H25N3O.ClH/c1-4-12(2,3)14-11(16)10-15-8-5-6-13-7-9-15;/h13H,4-10H2,1-3H3,(H,14,16);1H. The number of halogens is 1. The van der Waals surface area contributed by atoms with Gasteiger partial charge in [0.15, 0.2) is 0 Å². The lowest BCUT2D eigenvalue weighted by molar-refractivity contribution is -0.123. The Bertz CT molecular complexity index is 226. The Hall–Kier alpha value is -0.320. The molecule has 1 fully saturated rings. The van der Waals surface area contributed by atoms with E-state index in [1.807, 2.05) is 0 Å². The first-order valence-electron chi connectivity index (χ1n) is 6.27. The molecule has 0 unspecified atom stereocenters. The molecule has 1 aliphatic heterocycles. The summed E-state index contributed by atoms with van der Waals surface area (Å²) in [6, 6.07) is 0. The van der Waals surface area contributed by atoms with Crippen molar-refractivity contribution in [3.8, 4) is 0 Å². The van der Waals surface area contributed by atoms with E-state index in [0.717, 1.165) is 39.0 Å². The third-order valence-corrected chi connectivity index (χ3v) is 3.16. The first-order chi connectivity index (χ1) is 7.53. The summed E-state index contributed by atoms with van der Waals surface area (Å²) in [5.41, 5.74) is -0.0822. The zero-order chi connectivity index (χ0) is 12.0. The quantitative estimate of drug-likeness (QED) is 0.796. The minimum Gasteiger partial charge on any atom is -0.350 e. The number of carbonyl (C=O) groups excluding carboxylic acids is 1. The molecular formula is C12H26ClN3O. The van der Waals surface area contributed by atoms with Gasteiger partial charge in [0.2, 0.25) is 5.91 Å². The first-order valence-corrected chi connectivity index (χ1v) is 6.27. The smallest absolute Gasteiger partial charge is 0.234 e. The molecule has 0 atom stereocenters. The fourth-order valence-corrected chi connectivity index (χ4v) is 1.77. The number of nitrogens with zero attached hydrogens (tertiary/aromatic N) is 1. The lowest BCUT2D eigenvalue weighted by atomic mass is 10.0. The van der Waals surface area contributed by atoms with Crippen LogP contribution in [-0.4, -0.2) is 49.1 Å². The van der Waals surface area contributed by atoms with Crippen LogP contribution >= 0.6 is 12.4 Å². The van der Waals surface area contributed by atoms with Crippen LogP contribution in [0.25, 0.3) is 0 Å². The SMILES string of the molecule is CCC(C)(C)NC(=O)CN1CCCNCC1.Cl. The topological polar surface area (TPSA) is 44.4 Å². The average Bonchev–Trinajstić information content (AvgIpc) is 2.45. The summed E-state index contributed by atoms with van der Waals surface area (Å²) < 4.78 is 0. The molecular weight excluding hydrogens is 238 g/mol. The van der Waals surface area contributed by atoms with Crippen molar-refractivity contribution in [2.45, 2.75) is 39.2 Å². The van der Waals surface area contributed by atoms with Crippen LogP contribution in [0, 0.1) is 0 Å². The summed E-state index contributed by atoms with van der Waals surface area (Å²) >= 11 is 0. The predicted molar refractivity (Wildman–Crippen MR) is 73.7 cm³/mol. The molecule has 0 aromatic rings. The molecule has 1 rings (SSSR count). The molecule has 1 heterocycles. The molecule has 4 nitrogen and oxygen atoms in total. The van der Waals surface area contributed by atoms with Gasteiger partial charge in [-0.25, -0.2) is 0 Å². The third-order valence-electron chi connectivity index (χ3n) is 3.16. The summed E-state index contributed by atoms with van der Waals surface area (Å²) in [6.45, 7) is 10.8. The van der Waals surface area contributed by atoms with Crippen molar-refractivity contribution in [3.63, 3.8) is 0 Å². The first kappa shape index (κ1) is 16.7. The van der Waals surface area contributed by atoms with Gasteiger partial charge < -0.3 is 10.6 Å². The Labute approximate surface area is 111 Å². The van der Waals surface area contributed by atoms with Crippen LogP contribution < -0.4 is 10.6 Å². The number of amides is 1. The fraction of sp³-hybridized carbons (Fsp3) is 0.917. The van der Waals surface area contributed by atoms with Gasteiger partial charge in [0.05, 0.1) is 6.54 Å². The number of rotatable bonds is 4. The highest BCUT2D eigenvalue weighted by atomic mass is 35.5. The molecule has 0 spiro atoms. The van der Waals surface area contributed by atoms with E-state index < -0.39 is 0 Å². The molecule has 17 heavy (non-hydrogen) atoms. The highest BCUT2D eigenvalue weighted by Crippen LogP contribution is 2.06. The molecule has 0 saturated carbocycles. The fourth-order valence-electron chi connectivity index (χ4n) is 1.77. The van der Waals surface area contributed by atoms with Gasteiger partial charge >= 0.3 is 0 Å². The van der Waals surface area contributed by atoms with Crippen LogP contribution in [0.15, 0.2) is 0 Å². The number of hydrogen-bond donors (Lipinski definition) is 2. The molecule has 0 bridgehead atoms. The molecule has 5 heteroatoms. The second kappa shape index (κ2) is 7.90. The van der Waals surface area contributed by atoms with Gasteiger partial charge in [0.25, 0.3) is 0 Å². The van der Waals surface area contributed by atoms with Crippen molar-refractivity contribution in [1.29, 1.82) is 0 Å². The molecule has 102 valence electrons. The van der Waals surface area contributed by atoms with E-state index in [1.165, 1.54) is 0 Å². The van der Waals surface area contributed by atoms with Crippen molar-refractivity contribution in [2.24, 2.45) is 0 Å². The van der Waals surface area contributed by atoms with E-state index in [-0.39, 0.29) is 23.9 Å². The van der Waals surface area contributed by atoms with Gasteiger partial charge in [-0.1, -0.05) is 6.92 Å². The maximum absolute atomic E-state index is 11.8. The molecule has 0 aromatic heterocycles. The van der Waals surface area contributed by atoms with Crippen molar-refractivity contribution >= 4 is 18.3 Å². The summed E-state index contributed by atoms with van der Waals surface area (Å²) in [5.74, 6) is 0.147. The van der Waals surface area contributed by atoms with E-state index in [2.05, 4.69) is 36.3 Å². The number of carbonyl (C=O) groups is 1. The van der Waals surface area contributed by atoms with Crippen LogP contribution in [0.2, 0.25) is 0 Å². The molecule has 0 radical (unpaired) electrons. The zero-order valence-electron chi connectivity index (χ0n) is 11.2. The van der Waals surface area contributed by atoms with Crippen molar-refractivity contribution in [2.75, 3.05) is 32.7 Å². The van der Waals surface area contributed by atoms with Gasteiger partial charge in [-0.15, -0.1) is 12.4 Å². The van der Waals surface area contributed by atoms with E-state index >= 15 is 0 Å². The Morgan fingerprint density at radius 1 is 1.35 bits per heavy atom. The van der Waals surface area contributed by atoms with Crippen molar-refractivity contribution < 1.29 is 4.79 Å². The summed E-state index contributed by atoms with van der Waals surface area (Å²) in [6.07, 6.45) is 2.09. The Morgan fingerprint density at radius 2 is 2.06 bits per heavy atom.